The maximum absolute atomic E-state index is 12.9. The number of carbonyl (C=O) groups is 3. The van der Waals surface area contributed by atoms with E-state index in [4.69, 9.17) is 0 Å². The van der Waals surface area contributed by atoms with Crippen LogP contribution < -0.4 is 5.32 Å². The van der Waals surface area contributed by atoms with E-state index in [1.165, 1.54) is 4.90 Å². The number of nitrogens with one attached hydrogen (secondary N) is 1. The minimum atomic E-state index is -0.764. The highest BCUT2D eigenvalue weighted by molar-refractivity contribution is 6.08. The number of nitrogens with zero attached hydrogens (tertiary/aromatic N) is 2. The maximum Gasteiger partial charge on any atom is 0.243 e. The molecular weight excluding hydrogens is 342 g/mol. The van der Waals surface area contributed by atoms with Crippen molar-refractivity contribution < 1.29 is 14.4 Å². The van der Waals surface area contributed by atoms with Gasteiger partial charge in [0.1, 0.15) is 6.04 Å². The lowest BCUT2D eigenvalue weighted by Gasteiger charge is -2.27. The Labute approximate surface area is 160 Å². The molecule has 0 aromatic carbocycles. The van der Waals surface area contributed by atoms with Gasteiger partial charge in [-0.2, -0.15) is 0 Å². The van der Waals surface area contributed by atoms with Crippen LogP contribution in [0.5, 0.6) is 0 Å². The number of amides is 3. The molecule has 0 radical (unpaired) electrons. The Morgan fingerprint density at radius 3 is 2.41 bits per heavy atom. The normalized spacial score (nSPS) is 22.9. The monoisotopic (exact) mass is 369 g/mol. The molecule has 1 aromatic heterocycles. The number of imide groups is 1. The molecule has 0 bridgehead atoms. The van der Waals surface area contributed by atoms with Crippen LogP contribution in [-0.4, -0.2) is 33.6 Å². The lowest BCUT2D eigenvalue weighted by molar-refractivity contribution is -0.148. The Balaban J connectivity index is 1.77. The number of aryl methyl sites for hydroxylation is 1. The molecule has 2 heterocycles. The predicted molar refractivity (Wildman–Crippen MR) is 101 cm³/mol. The van der Waals surface area contributed by atoms with Gasteiger partial charge in [0.25, 0.3) is 0 Å². The molecule has 1 N–H and O–H groups in total. The first-order valence-electron chi connectivity index (χ1n) is 9.60. The van der Waals surface area contributed by atoms with E-state index < -0.39 is 6.04 Å². The number of hydrogen-bond acceptors (Lipinski definition) is 4. The summed E-state index contributed by atoms with van der Waals surface area (Å²) in [5.41, 5.74) is 1.77. The minimum Gasteiger partial charge on any atom is -0.349 e. The first-order valence-corrected chi connectivity index (χ1v) is 9.60. The van der Waals surface area contributed by atoms with Gasteiger partial charge in [0.2, 0.25) is 17.7 Å². The molecular formula is C21H27N3O3. The second kappa shape index (κ2) is 8.03. The van der Waals surface area contributed by atoms with Gasteiger partial charge in [0, 0.05) is 6.20 Å². The number of aromatic nitrogens is 1. The number of allylic oxidation sites excluding steroid dienone is 2. The van der Waals surface area contributed by atoms with Crippen molar-refractivity contribution in [2.75, 3.05) is 0 Å². The molecule has 1 saturated heterocycles. The zero-order valence-electron chi connectivity index (χ0n) is 16.1. The van der Waals surface area contributed by atoms with Crippen LogP contribution in [0.2, 0.25) is 0 Å². The molecule has 0 saturated carbocycles. The molecule has 1 aliphatic carbocycles. The summed E-state index contributed by atoms with van der Waals surface area (Å²) in [4.78, 5) is 44.2. The summed E-state index contributed by atoms with van der Waals surface area (Å²) in [6, 6.07) is 3.02. The Kier molecular flexibility index (Phi) is 5.73. The molecule has 27 heavy (non-hydrogen) atoms. The molecule has 3 atom stereocenters. The fraction of sp³-hybridized carbons (Fsp3) is 0.524. The van der Waals surface area contributed by atoms with Gasteiger partial charge in [0.15, 0.2) is 0 Å². The van der Waals surface area contributed by atoms with E-state index in [0.717, 1.165) is 11.3 Å². The van der Waals surface area contributed by atoms with Gasteiger partial charge in [-0.3, -0.25) is 24.3 Å². The zero-order chi connectivity index (χ0) is 19.6. The Bertz CT molecular complexity index is 746. The van der Waals surface area contributed by atoms with Crippen molar-refractivity contribution in [1.29, 1.82) is 0 Å². The van der Waals surface area contributed by atoms with Crippen LogP contribution >= 0.6 is 0 Å². The summed E-state index contributed by atoms with van der Waals surface area (Å²) in [7, 11) is 0. The van der Waals surface area contributed by atoms with Crippen LogP contribution in [0, 0.1) is 24.7 Å². The van der Waals surface area contributed by atoms with Crippen LogP contribution in [0.15, 0.2) is 30.5 Å². The van der Waals surface area contributed by atoms with Gasteiger partial charge < -0.3 is 5.32 Å². The predicted octanol–water partition coefficient (Wildman–Crippen LogP) is 2.37. The Hall–Kier alpha value is -2.50. The quantitative estimate of drug-likeness (QED) is 0.617. The van der Waals surface area contributed by atoms with Crippen molar-refractivity contribution in [2.45, 2.75) is 52.6 Å². The van der Waals surface area contributed by atoms with Crippen LogP contribution in [0.25, 0.3) is 0 Å². The number of pyridine rings is 1. The largest absolute Gasteiger partial charge is 0.349 e. The van der Waals surface area contributed by atoms with Crippen LogP contribution in [-0.2, 0) is 20.9 Å². The lowest BCUT2D eigenvalue weighted by Crippen LogP contribution is -2.50. The summed E-state index contributed by atoms with van der Waals surface area (Å²) in [5.74, 6) is -1.15. The first-order chi connectivity index (χ1) is 12.9. The average Bonchev–Trinajstić information content (AvgIpc) is 2.90. The van der Waals surface area contributed by atoms with Crippen molar-refractivity contribution >= 4 is 17.7 Å². The Morgan fingerprint density at radius 1 is 1.22 bits per heavy atom. The fourth-order valence-electron chi connectivity index (χ4n) is 3.90. The van der Waals surface area contributed by atoms with Crippen molar-refractivity contribution in [1.82, 2.24) is 15.2 Å². The summed E-state index contributed by atoms with van der Waals surface area (Å²) in [5, 5.41) is 2.88. The number of fused-ring (bicyclic) bond motifs is 1. The summed E-state index contributed by atoms with van der Waals surface area (Å²) in [6.07, 6.45) is 7.21. The van der Waals surface area contributed by atoms with Crippen LogP contribution in [0.1, 0.15) is 44.4 Å². The number of likely N-dealkylation sites (tertiary alicyclic amines) is 1. The van der Waals surface area contributed by atoms with Crippen molar-refractivity contribution in [3.8, 4) is 0 Å². The summed E-state index contributed by atoms with van der Waals surface area (Å²) in [6.45, 7) is 6.20. The molecule has 2 aliphatic rings. The van der Waals surface area contributed by atoms with E-state index in [9.17, 15) is 14.4 Å². The standard InChI is InChI=1S/C21H27N3O3/c1-13(2)11-18(19(25)23-12-17-14(3)7-6-10-22-17)24-20(26)15-8-4-5-9-16(15)21(24)27/h4-7,10,13,15-16,18H,8-9,11-12H2,1-3H3,(H,23,25)/t15-,16-,18-/m0/s1. The molecule has 144 valence electrons. The molecule has 3 rings (SSSR count). The van der Waals surface area contributed by atoms with E-state index in [1.54, 1.807) is 6.20 Å². The highest BCUT2D eigenvalue weighted by Crippen LogP contribution is 2.37. The van der Waals surface area contributed by atoms with Crippen LogP contribution in [0.3, 0.4) is 0 Å². The van der Waals surface area contributed by atoms with E-state index in [0.29, 0.717) is 19.3 Å². The van der Waals surface area contributed by atoms with Gasteiger partial charge in [-0.05, 0) is 43.7 Å². The average molecular weight is 369 g/mol. The lowest BCUT2D eigenvalue weighted by atomic mass is 9.85. The van der Waals surface area contributed by atoms with E-state index >= 15 is 0 Å². The molecule has 6 nitrogen and oxygen atoms in total. The molecule has 1 aromatic rings. The topological polar surface area (TPSA) is 79.4 Å². The molecule has 6 heteroatoms. The van der Waals surface area contributed by atoms with Crippen molar-refractivity contribution in [3.63, 3.8) is 0 Å². The van der Waals surface area contributed by atoms with Crippen molar-refractivity contribution in [3.05, 3.63) is 41.7 Å². The third-order valence-electron chi connectivity index (χ3n) is 5.40. The highest BCUT2D eigenvalue weighted by atomic mass is 16.2. The fourth-order valence-corrected chi connectivity index (χ4v) is 3.90. The minimum absolute atomic E-state index is 0.179. The number of hydrogen-bond donors (Lipinski definition) is 1. The molecule has 1 aliphatic heterocycles. The second-order valence-electron chi connectivity index (χ2n) is 7.83. The van der Waals surface area contributed by atoms with Crippen LogP contribution in [0.4, 0.5) is 0 Å². The first kappa shape index (κ1) is 19.3. The Morgan fingerprint density at radius 2 is 1.85 bits per heavy atom. The third-order valence-corrected chi connectivity index (χ3v) is 5.40. The molecule has 1 fully saturated rings. The zero-order valence-corrected chi connectivity index (χ0v) is 16.1. The SMILES string of the molecule is Cc1cccnc1CNC(=O)[C@H](CC(C)C)N1C(=O)[C@H]2CC=CC[C@@H]2C1=O. The smallest absolute Gasteiger partial charge is 0.243 e. The van der Waals surface area contributed by atoms with Gasteiger partial charge >= 0.3 is 0 Å². The van der Waals surface area contributed by atoms with Gasteiger partial charge in [-0.1, -0.05) is 32.1 Å². The highest BCUT2D eigenvalue weighted by Gasteiger charge is 2.51. The molecule has 0 unspecified atom stereocenters. The van der Waals surface area contributed by atoms with E-state index in [1.807, 2.05) is 45.1 Å². The number of rotatable bonds is 6. The summed E-state index contributed by atoms with van der Waals surface area (Å²) >= 11 is 0. The van der Waals surface area contributed by atoms with Gasteiger partial charge in [-0.15, -0.1) is 0 Å². The maximum atomic E-state index is 12.9. The van der Waals surface area contributed by atoms with Gasteiger partial charge in [-0.25, -0.2) is 0 Å². The van der Waals surface area contributed by atoms with E-state index in [-0.39, 0.29) is 42.0 Å². The third kappa shape index (κ3) is 3.94. The summed E-state index contributed by atoms with van der Waals surface area (Å²) < 4.78 is 0. The number of carbonyl (C=O) groups excluding carboxylic acids is 3. The molecule has 3 amide bonds. The van der Waals surface area contributed by atoms with Crippen molar-refractivity contribution in [2.24, 2.45) is 17.8 Å². The van der Waals surface area contributed by atoms with E-state index in [2.05, 4.69) is 10.3 Å². The van der Waals surface area contributed by atoms with Gasteiger partial charge in [0.05, 0.1) is 24.1 Å². The molecule has 0 spiro atoms. The second-order valence-corrected chi connectivity index (χ2v) is 7.83.